The number of anilines is 1. The first kappa shape index (κ1) is 25.7. The van der Waals surface area contributed by atoms with Crippen LogP contribution < -0.4 is 5.32 Å². The van der Waals surface area contributed by atoms with Gasteiger partial charge in [0.25, 0.3) is 0 Å². The monoisotopic (exact) mass is 487 g/mol. The van der Waals surface area contributed by atoms with E-state index in [2.05, 4.69) is 52.8 Å². The van der Waals surface area contributed by atoms with E-state index in [1.807, 2.05) is 51.4 Å². The average molecular weight is 488 g/mol. The van der Waals surface area contributed by atoms with Crippen LogP contribution in [0.25, 0.3) is 0 Å². The van der Waals surface area contributed by atoms with Crippen molar-refractivity contribution >= 4 is 11.8 Å². The Hall–Kier alpha value is -3.38. The minimum absolute atomic E-state index is 0.143. The SMILES string of the molecule is CC(C)(C)OC(=O)N1CC[C@H]1CNc1cncc(Cc2cccc(CCOCc3ccccc3)c2)c1. The Bertz CT molecular complexity index is 1130. The Morgan fingerprint density at radius 1 is 1.00 bits per heavy atom. The van der Waals surface area contributed by atoms with Crippen molar-refractivity contribution in [2.75, 3.05) is 25.0 Å². The summed E-state index contributed by atoms with van der Waals surface area (Å²) in [6, 6.07) is 21.2. The number of ether oxygens (including phenoxy) is 2. The molecule has 1 aromatic heterocycles. The molecule has 2 aromatic carbocycles. The van der Waals surface area contributed by atoms with Gasteiger partial charge in [-0.25, -0.2) is 4.79 Å². The van der Waals surface area contributed by atoms with Gasteiger partial charge >= 0.3 is 6.09 Å². The molecule has 1 aliphatic rings. The lowest BCUT2D eigenvalue weighted by atomic mass is 10.0. The highest BCUT2D eigenvalue weighted by atomic mass is 16.6. The zero-order valence-electron chi connectivity index (χ0n) is 21.6. The van der Waals surface area contributed by atoms with Crippen molar-refractivity contribution in [1.29, 1.82) is 0 Å². The van der Waals surface area contributed by atoms with Crippen molar-refractivity contribution in [3.05, 3.63) is 95.3 Å². The average Bonchev–Trinajstić information content (AvgIpc) is 2.81. The van der Waals surface area contributed by atoms with Crippen LogP contribution in [0.4, 0.5) is 10.5 Å². The molecule has 1 fully saturated rings. The minimum atomic E-state index is -0.477. The van der Waals surface area contributed by atoms with E-state index in [4.69, 9.17) is 9.47 Å². The molecule has 1 amide bonds. The Labute approximate surface area is 214 Å². The first-order valence-electron chi connectivity index (χ1n) is 12.7. The van der Waals surface area contributed by atoms with Crippen LogP contribution in [0.3, 0.4) is 0 Å². The highest BCUT2D eigenvalue weighted by Crippen LogP contribution is 2.22. The van der Waals surface area contributed by atoms with E-state index in [9.17, 15) is 4.79 Å². The number of carbonyl (C=O) groups excluding carboxylic acids is 1. The number of nitrogens with zero attached hydrogens (tertiary/aromatic N) is 2. The molecule has 36 heavy (non-hydrogen) atoms. The van der Waals surface area contributed by atoms with E-state index in [1.54, 1.807) is 4.90 Å². The predicted molar refractivity (Wildman–Crippen MR) is 143 cm³/mol. The molecular formula is C30H37N3O3. The van der Waals surface area contributed by atoms with E-state index < -0.39 is 5.60 Å². The summed E-state index contributed by atoms with van der Waals surface area (Å²) < 4.78 is 11.4. The van der Waals surface area contributed by atoms with Gasteiger partial charge in [-0.2, -0.15) is 0 Å². The Morgan fingerprint density at radius 3 is 2.53 bits per heavy atom. The van der Waals surface area contributed by atoms with E-state index in [0.717, 1.165) is 37.1 Å². The highest BCUT2D eigenvalue weighted by Gasteiger charge is 2.34. The normalized spacial score (nSPS) is 15.3. The molecule has 0 saturated carbocycles. The Kier molecular flexibility index (Phi) is 8.60. The largest absolute Gasteiger partial charge is 0.444 e. The van der Waals surface area contributed by atoms with Crippen molar-refractivity contribution in [3.8, 4) is 0 Å². The Balaban J connectivity index is 1.25. The number of hydrogen-bond donors (Lipinski definition) is 1. The first-order valence-corrected chi connectivity index (χ1v) is 12.7. The van der Waals surface area contributed by atoms with E-state index >= 15 is 0 Å². The van der Waals surface area contributed by atoms with E-state index in [1.165, 1.54) is 16.7 Å². The van der Waals surface area contributed by atoms with Crippen LogP contribution in [-0.2, 0) is 28.9 Å². The van der Waals surface area contributed by atoms with Crippen LogP contribution in [0.2, 0.25) is 0 Å². The van der Waals surface area contributed by atoms with Gasteiger partial charge in [-0.1, -0.05) is 54.6 Å². The lowest BCUT2D eigenvalue weighted by Crippen LogP contribution is -2.55. The summed E-state index contributed by atoms with van der Waals surface area (Å²) in [5.74, 6) is 0. The first-order chi connectivity index (χ1) is 17.4. The lowest BCUT2D eigenvalue weighted by Gasteiger charge is -2.41. The quantitative estimate of drug-likeness (QED) is 0.363. The third-order valence-corrected chi connectivity index (χ3v) is 6.15. The van der Waals surface area contributed by atoms with Crippen LogP contribution in [0.15, 0.2) is 73.1 Å². The molecule has 1 atom stereocenters. The molecule has 6 nitrogen and oxygen atoms in total. The van der Waals surface area contributed by atoms with Crippen LogP contribution in [-0.4, -0.2) is 47.3 Å². The molecule has 6 heteroatoms. The maximum Gasteiger partial charge on any atom is 0.410 e. The second kappa shape index (κ2) is 12.0. The molecule has 0 bridgehead atoms. The summed E-state index contributed by atoms with van der Waals surface area (Å²) >= 11 is 0. The van der Waals surface area contributed by atoms with Gasteiger partial charge in [0.15, 0.2) is 0 Å². The highest BCUT2D eigenvalue weighted by molar-refractivity contribution is 5.69. The summed E-state index contributed by atoms with van der Waals surface area (Å²) in [6.07, 6.45) is 6.18. The molecule has 1 N–H and O–H groups in total. The van der Waals surface area contributed by atoms with Crippen LogP contribution in [0.5, 0.6) is 0 Å². The van der Waals surface area contributed by atoms with Crippen LogP contribution >= 0.6 is 0 Å². The molecule has 1 saturated heterocycles. The van der Waals surface area contributed by atoms with Crippen molar-refractivity contribution in [2.45, 2.75) is 58.3 Å². The molecule has 1 aliphatic heterocycles. The summed E-state index contributed by atoms with van der Waals surface area (Å²) in [4.78, 5) is 18.6. The van der Waals surface area contributed by atoms with Gasteiger partial charge in [-0.05, 0) is 68.4 Å². The third kappa shape index (κ3) is 7.82. The molecule has 0 radical (unpaired) electrons. The maximum atomic E-state index is 12.4. The molecule has 3 aromatic rings. The molecule has 190 valence electrons. The summed E-state index contributed by atoms with van der Waals surface area (Å²) in [7, 11) is 0. The number of pyridine rings is 1. The molecule has 0 unspecified atom stereocenters. The number of hydrogen-bond acceptors (Lipinski definition) is 5. The summed E-state index contributed by atoms with van der Waals surface area (Å²) in [5.41, 5.74) is 5.36. The van der Waals surface area contributed by atoms with E-state index in [0.29, 0.717) is 19.8 Å². The number of rotatable bonds is 10. The van der Waals surface area contributed by atoms with E-state index in [-0.39, 0.29) is 12.1 Å². The van der Waals surface area contributed by atoms with Gasteiger partial charge in [-0.3, -0.25) is 4.98 Å². The second-order valence-electron chi connectivity index (χ2n) is 10.4. The smallest absolute Gasteiger partial charge is 0.410 e. The zero-order valence-corrected chi connectivity index (χ0v) is 21.6. The van der Waals surface area contributed by atoms with Crippen LogP contribution in [0.1, 0.15) is 49.4 Å². The number of likely N-dealkylation sites (tertiary alicyclic amines) is 1. The predicted octanol–water partition coefficient (Wildman–Crippen LogP) is 5.85. The number of amides is 1. The summed E-state index contributed by atoms with van der Waals surface area (Å²) in [6.45, 7) is 8.44. The molecular weight excluding hydrogens is 450 g/mol. The molecule has 0 spiro atoms. The molecule has 4 rings (SSSR count). The van der Waals surface area contributed by atoms with Crippen LogP contribution in [0, 0.1) is 0 Å². The van der Waals surface area contributed by atoms with Crippen molar-refractivity contribution in [3.63, 3.8) is 0 Å². The van der Waals surface area contributed by atoms with Gasteiger partial charge in [0, 0.05) is 25.5 Å². The third-order valence-electron chi connectivity index (χ3n) is 6.15. The maximum absolute atomic E-state index is 12.4. The standard InChI is InChI=1S/C30H37N3O3/c1-30(2,3)36-29(34)33-14-12-28(33)21-32-27-18-26(19-31-20-27)17-25-11-7-10-23(16-25)13-15-35-22-24-8-5-4-6-9-24/h4-11,16,18-20,28,32H,12-15,17,21-22H2,1-3H3/t28-/m0/s1. The fourth-order valence-corrected chi connectivity index (χ4v) is 4.22. The number of nitrogens with one attached hydrogen (secondary N) is 1. The fraction of sp³-hybridized carbons (Fsp3) is 0.400. The number of benzene rings is 2. The molecule has 2 heterocycles. The number of carbonyl (C=O) groups is 1. The topological polar surface area (TPSA) is 63.7 Å². The zero-order chi connectivity index (χ0) is 25.4. The lowest BCUT2D eigenvalue weighted by molar-refractivity contribution is -0.00274. The van der Waals surface area contributed by atoms with Gasteiger partial charge in [0.05, 0.1) is 24.9 Å². The minimum Gasteiger partial charge on any atom is -0.444 e. The fourth-order valence-electron chi connectivity index (χ4n) is 4.22. The van der Waals surface area contributed by atoms with Crippen molar-refractivity contribution in [1.82, 2.24) is 9.88 Å². The van der Waals surface area contributed by atoms with Gasteiger partial charge < -0.3 is 19.7 Å². The van der Waals surface area contributed by atoms with Gasteiger partial charge in [0.1, 0.15) is 5.60 Å². The number of aromatic nitrogens is 1. The van der Waals surface area contributed by atoms with Gasteiger partial charge in [0.2, 0.25) is 0 Å². The Morgan fingerprint density at radius 2 is 1.78 bits per heavy atom. The van der Waals surface area contributed by atoms with Crippen molar-refractivity contribution < 1.29 is 14.3 Å². The second-order valence-corrected chi connectivity index (χ2v) is 10.4. The molecule has 0 aliphatic carbocycles. The summed E-state index contributed by atoms with van der Waals surface area (Å²) in [5, 5.41) is 3.45. The van der Waals surface area contributed by atoms with Gasteiger partial charge in [-0.15, -0.1) is 0 Å². The van der Waals surface area contributed by atoms with Crippen molar-refractivity contribution in [2.24, 2.45) is 0 Å².